The van der Waals surface area contributed by atoms with Gasteiger partial charge in [0.15, 0.2) is 0 Å². The van der Waals surface area contributed by atoms with Crippen molar-refractivity contribution in [1.82, 2.24) is 30.5 Å². The van der Waals surface area contributed by atoms with Crippen molar-refractivity contribution in [2.45, 2.75) is 217 Å². The number of unbranched alkanes of at least 4 members (excludes halogenated alkanes) is 3. The normalized spacial score (nSPS) is 20.7. The van der Waals surface area contributed by atoms with Crippen molar-refractivity contribution in [2.24, 2.45) is 5.41 Å². The quantitative estimate of drug-likeness (QED) is 0.178. The minimum absolute atomic E-state index is 0. The Morgan fingerprint density at radius 2 is 1.10 bits per heavy atom. The predicted molar refractivity (Wildman–Crippen MR) is 214 cm³/mol. The molecule has 1 aromatic rings. The van der Waals surface area contributed by atoms with Gasteiger partial charge in [0.2, 0.25) is 11.9 Å². The zero-order chi connectivity index (χ0) is 34.1. The molecule has 0 radical (unpaired) electrons. The molecular weight excluding hydrogens is 592 g/mol. The molecule has 2 aliphatic heterocycles. The molecule has 0 amide bonds. The van der Waals surface area contributed by atoms with Crippen LogP contribution in [-0.4, -0.2) is 79.8 Å². The Bertz CT molecular complexity index is 1070. The largest absolute Gasteiger partial charge is 0.349 e. The van der Waals surface area contributed by atoms with E-state index < -0.39 is 0 Å². The third kappa shape index (κ3) is 15.2. The highest BCUT2D eigenvalue weighted by Crippen LogP contribution is 2.35. The van der Waals surface area contributed by atoms with E-state index in [-0.39, 0.29) is 55.4 Å². The van der Waals surface area contributed by atoms with Crippen LogP contribution in [0, 0.1) is 12.3 Å². The Morgan fingerprint density at radius 1 is 0.667 bits per heavy atom. The first-order chi connectivity index (χ1) is 20.4. The number of nitrogens with zero attached hydrogens (tertiary/aromatic N) is 5. The second-order valence-corrected chi connectivity index (χ2v) is 19.3. The van der Waals surface area contributed by atoms with Gasteiger partial charge < -0.3 is 25.8 Å². The van der Waals surface area contributed by atoms with Crippen LogP contribution in [0.5, 0.6) is 0 Å². The van der Waals surface area contributed by atoms with Crippen LogP contribution in [0.3, 0.4) is 0 Å². The first-order valence-electron chi connectivity index (χ1n) is 17.9. The molecule has 1 aromatic heterocycles. The van der Waals surface area contributed by atoms with Gasteiger partial charge in [-0.2, -0.15) is 15.0 Å². The van der Waals surface area contributed by atoms with E-state index in [1.54, 1.807) is 0 Å². The lowest BCUT2D eigenvalue weighted by molar-refractivity contribution is 0.0805. The average molecular weight is 677 g/mol. The number of anilines is 2. The van der Waals surface area contributed by atoms with Gasteiger partial charge >= 0.3 is 0 Å². The maximum Gasteiger partial charge on any atom is 0.230 e. The van der Waals surface area contributed by atoms with Gasteiger partial charge in [0, 0.05) is 46.3 Å². The van der Waals surface area contributed by atoms with Crippen LogP contribution >= 0.6 is 0 Å². The van der Waals surface area contributed by atoms with E-state index in [1.807, 2.05) is 6.92 Å². The molecule has 0 unspecified atom stereocenters. The molecule has 0 saturated carbocycles. The van der Waals surface area contributed by atoms with Gasteiger partial charge in [-0.3, -0.25) is 0 Å². The SMILES string of the molecule is C.C.C.Cc1nc(NC(C)(C)CC(C)(C)C)nc(N(CCCCCCN(C)C2CC(C)(C)NC(C)(C)C2)C2CC(C)(C)NC(C)(C)C2)n1. The topological polar surface area (TPSA) is 81.2 Å². The molecule has 0 aromatic carbocycles. The van der Waals surface area contributed by atoms with Gasteiger partial charge in [-0.15, -0.1) is 0 Å². The fourth-order valence-electron chi connectivity index (χ4n) is 9.02. The zero-order valence-electron chi connectivity index (χ0n) is 32.2. The first kappa shape index (κ1) is 46.5. The summed E-state index contributed by atoms with van der Waals surface area (Å²) in [6.07, 6.45) is 10.4. The summed E-state index contributed by atoms with van der Waals surface area (Å²) >= 11 is 0. The number of aryl methyl sites for hydroxylation is 1. The molecule has 0 atom stereocenters. The van der Waals surface area contributed by atoms with Gasteiger partial charge in [-0.1, -0.05) is 55.9 Å². The minimum atomic E-state index is -0.125. The van der Waals surface area contributed by atoms with Crippen molar-refractivity contribution in [3.05, 3.63) is 5.82 Å². The monoisotopic (exact) mass is 677 g/mol. The van der Waals surface area contributed by atoms with Crippen LogP contribution in [0.15, 0.2) is 0 Å². The lowest BCUT2D eigenvalue weighted by Crippen LogP contribution is -2.62. The maximum absolute atomic E-state index is 5.09. The highest BCUT2D eigenvalue weighted by Gasteiger charge is 2.41. The molecule has 284 valence electrons. The smallest absolute Gasteiger partial charge is 0.230 e. The van der Waals surface area contributed by atoms with E-state index in [9.17, 15) is 0 Å². The number of nitrogens with one attached hydrogen (secondary N) is 3. The Kier molecular flexibility index (Phi) is 16.6. The summed E-state index contributed by atoms with van der Waals surface area (Å²) in [6, 6.07) is 1.01. The van der Waals surface area contributed by atoms with E-state index >= 15 is 0 Å². The summed E-state index contributed by atoms with van der Waals surface area (Å²) in [6.45, 7) is 34.2. The van der Waals surface area contributed by atoms with Gasteiger partial charge in [-0.25, -0.2) is 0 Å². The van der Waals surface area contributed by atoms with Gasteiger partial charge in [-0.05, 0) is 140 Å². The Balaban J connectivity index is 0.00000736. The summed E-state index contributed by atoms with van der Waals surface area (Å²) in [5.41, 5.74) is 0.546. The van der Waals surface area contributed by atoms with Crippen molar-refractivity contribution in [3.8, 4) is 0 Å². The molecule has 0 aliphatic carbocycles. The molecule has 2 saturated heterocycles. The first-order valence-corrected chi connectivity index (χ1v) is 17.9. The summed E-state index contributed by atoms with van der Waals surface area (Å²) in [5.74, 6) is 2.29. The number of piperidine rings is 2. The number of hydrogen-bond acceptors (Lipinski definition) is 8. The van der Waals surface area contributed by atoms with Crippen molar-refractivity contribution < 1.29 is 0 Å². The van der Waals surface area contributed by atoms with Crippen LogP contribution in [0.2, 0.25) is 0 Å². The minimum Gasteiger partial charge on any atom is -0.349 e. The fraction of sp³-hybridized carbons (Fsp3) is 0.925. The maximum atomic E-state index is 5.09. The van der Waals surface area contributed by atoms with Gasteiger partial charge in [0.1, 0.15) is 5.82 Å². The third-order valence-electron chi connectivity index (χ3n) is 9.48. The Labute approximate surface area is 300 Å². The molecule has 3 N–H and O–H groups in total. The van der Waals surface area contributed by atoms with Crippen LogP contribution < -0.4 is 20.9 Å². The highest BCUT2D eigenvalue weighted by atomic mass is 15.3. The number of aromatic nitrogens is 3. The van der Waals surface area contributed by atoms with Crippen molar-refractivity contribution in [2.75, 3.05) is 30.4 Å². The molecule has 2 aliphatic rings. The molecule has 3 heterocycles. The molecule has 0 spiro atoms. The van der Waals surface area contributed by atoms with E-state index in [0.29, 0.717) is 18.0 Å². The highest BCUT2D eigenvalue weighted by molar-refractivity contribution is 5.40. The molecule has 48 heavy (non-hydrogen) atoms. The average Bonchev–Trinajstić information content (AvgIpc) is 2.76. The number of hydrogen-bond donors (Lipinski definition) is 3. The van der Waals surface area contributed by atoms with Crippen molar-refractivity contribution in [1.29, 1.82) is 0 Å². The van der Waals surface area contributed by atoms with E-state index in [2.05, 4.69) is 123 Å². The summed E-state index contributed by atoms with van der Waals surface area (Å²) in [7, 11) is 2.34. The van der Waals surface area contributed by atoms with Gasteiger partial charge in [0.25, 0.3) is 0 Å². The lowest BCUT2D eigenvalue weighted by atomic mass is 9.79. The molecule has 2 fully saturated rings. The third-order valence-corrected chi connectivity index (χ3v) is 9.48. The van der Waals surface area contributed by atoms with Crippen LogP contribution in [0.1, 0.15) is 176 Å². The summed E-state index contributed by atoms with van der Waals surface area (Å²) in [4.78, 5) is 19.9. The zero-order valence-corrected chi connectivity index (χ0v) is 32.2. The fourth-order valence-corrected chi connectivity index (χ4v) is 9.02. The van der Waals surface area contributed by atoms with Crippen LogP contribution in [-0.2, 0) is 0 Å². The second-order valence-electron chi connectivity index (χ2n) is 19.3. The van der Waals surface area contributed by atoms with E-state index in [1.165, 1.54) is 38.6 Å². The summed E-state index contributed by atoms with van der Waals surface area (Å²) in [5, 5.41) is 11.4. The predicted octanol–water partition coefficient (Wildman–Crippen LogP) is 9.63. The molecule has 3 rings (SSSR count). The Hall–Kier alpha value is -1.51. The molecule has 8 nitrogen and oxygen atoms in total. The molecule has 8 heteroatoms. The van der Waals surface area contributed by atoms with Gasteiger partial charge in [0.05, 0.1) is 0 Å². The van der Waals surface area contributed by atoms with Crippen molar-refractivity contribution >= 4 is 11.9 Å². The van der Waals surface area contributed by atoms with Crippen molar-refractivity contribution in [3.63, 3.8) is 0 Å². The van der Waals surface area contributed by atoms with Crippen LogP contribution in [0.25, 0.3) is 0 Å². The number of rotatable bonds is 13. The standard InChI is InChI=1S/C37H72N8.3CH4/c1-27-38-30(41-37(13,14)26-32(2,3)4)40-31(39-27)45(29-24-35(9,10)43-36(11,12)25-29)21-19-17-16-18-20-44(15)28-22-33(5,6)42-34(7,8)23-28;;;/h28-29,42-43H,16-26H2,1-15H3,(H,38,39,40,41);3*1H4. The molecular formula is C40H84N8. The lowest BCUT2D eigenvalue weighted by Gasteiger charge is -2.49. The van der Waals surface area contributed by atoms with Crippen LogP contribution in [0.4, 0.5) is 11.9 Å². The van der Waals surface area contributed by atoms with E-state index in [0.717, 1.165) is 44.0 Å². The second kappa shape index (κ2) is 17.1. The Morgan fingerprint density at radius 3 is 1.56 bits per heavy atom. The van der Waals surface area contributed by atoms with E-state index in [4.69, 9.17) is 15.0 Å². The summed E-state index contributed by atoms with van der Waals surface area (Å²) < 4.78 is 0. The molecule has 0 bridgehead atoms.